The highest BCUT2D eigenvalue weighted by Gasteiger charge is 2.22. The number of benzene rings is 2. The van der Waals surface area contributed by atoms with Gasteiger partial charge in [-0.1, -0.05) is 67.6 Å². The summed E-state index contributed by atoms with van der Waals surface area (Å²) in [6.07, 6.45) is 2.52. The van der Waals surface area contributed by atoms with Crippen molar-refractivity contribution in [2.75, 3.05) is 26.2 Å². The maximum Gasteiger partial charge on any atom is 0.188 e. The van der Waals surface area contributed by atoms with E-state index in [2.05, 4.69) is 70.7 Å². The summed E-state index contributed by atoms with van der Waals surface area (Å²) in [4.78, 5) is 7.16. The Bertz CT molecular complexity index is 650. The summed E-state index contributed by atoms with van der Waals surface area (Å²) in [5.41, 5.74) is 8.70. The molecule has 1 atom stereocenters. The van der Waals surface area contributed by atoms with E-state index >= 15 is 0 Å². The summed E-state index contributed by atoms with van der Waals surface area (Å²) in [7, 11) is 0. The highest BCUT2D eigenvalue weighted by atomic mass is 127. The van der Waals surface area contributed by atoms with E-state index in [1.807, 2.05) is 12.1 Å². The lowest BCUT2D eigenvalue weighted by Gasteiger charge is -2.23. The van der Waals surface area contributed by atoms with Crippen molar-refractivity contribution in [1.29, 1.82) is 0 Å². The molecule has 4 nitrogen and oxygen atoms in total. The number of nitrogens with zero attached hydrogens (tertiary/aromatic N) is 2. The van der Waals surface area contributed by atoms with Crippen LogP contribution in [0.5, 0.6) is 0 Å². The Kier molecular flexibility index (Phi) is 9.07. The zero-order chi connectivity index (χ0) is 18.2. The maximum atomic E-state index is 6.16. The Hall–Kier alpha value is -1.60. The number of hydrogen-bond donors (Lipinski definition) is 2. The lowest BCUT2D eigenvalue weighted by atomic mass is 9.91. The van der Waals surface area contributed by atoms with Crippen LogP contribution in [-0.4, -0.2) is 43.1 Å². The van der Waals surface area contributed by atoms with Crippen LogP contribution in [0.2, 0.25) is 0 Å². The van der Waals surface area contributed by atoms with Crippen LogP contribution in [0.3, 0.4) is 0 Å². The van der Waals surface area contributed by atoms with Crippen molar-refractivity contribution in [3.05, 3.63) is 71.8 Å². The molecular formula is C22H31IN4. The molecule has 0 radical (unpaired) electrons. The monoisotopic (exact) mass is 478 g/mol. The van der Waals surface area contributed by atoms with Gasteiger partial charge in [0.15, 0.2) is 5.96 Å². The molecule has 5 heteroatoms. The van der Waals surface area contributed by atoms with Gasteiger partial charge >= 0.3 is 0 Å². The molecule has 3 rings (SSSR count). The van der Waals surface area contributed by atoms with Crippen LogP contribution >= 0.6 is 24.0 Å². The van der Waals surface area contributed by atoms with Gasteiger partial charge in [0.1, 0.15) is 0 Å². The summed E-state index contributed by atoms with van der Waals surface area (Å²) < 4.78 is 0. The molecule has 2 aromatic carbocycles. The van der Waals surface area contributed by atoms with Crippen molar-refractivity contribution < 1.29 is 0 Å². The van der Waals surface area contributed by atoms with Crippen molar-refractivity contribution in [2.24, 2.45) is 10.7 Å². The minimum absolute atomic E-state index is 0. The van der Waals surface area contributed by atoms with Gasteiger partial charge in [-0.25, -0.2) is 0 Å². The number of aliphatic imine (C=N–C) groups is 1. The van der Waals surface area contributed by atoms with E-state index in [9.17, 15) is 0 Å². The van der Waals surface area contributed by atoms with Gasteiger partial charge < -0.3 is 11.1 Å². The minimum atomic E-state index is 0. The lowest BCUT2D eigenvalue weighted by Crippen LogP contribution is -2.42. The first-order valence-corrected chi connectivity index (χ1v) is 9.65. The molecule has 0 aliphatic carbocycles. The van der Waals surface area contributed by atoms with E-state index in [1.54, 1.807) is 0 Å². The molecular weight excluding hydrogens is 447 g/mol. The Morgan fingerprint density at radius 3 is 2.26 bits per heavy atom. The third kappa shape index (κ3) is 6.21. The van der Waals surface area contributed by atoms with Crippen LogP contribution in [0.1, 0.15) is 36.8 Å². The highest BCUT2D eigenvalue weighted by Crippen LogP contribution is 2.24. The number of likely N-dealkylation sites (N-methyl/N-ethyl adjacent to an activating group) is 1. The molecule has 0 spiro atoms. The van der Waals surface area contributed by atoms with Crippen molar-refractivity contribution in [3.8, 4) is 0 Å². The Balaban J connectivity index is 0.00000261. The molecule has 0 aromatic heterocycles. The lowest BCUT2D eigenvalue weighted by molar-refractivity contribution is 0.267. The highest BCUT2D eigenvalue weighted by molar-refractivity contribution is 14.0. The van der Waals surface area contributed by atoms with Gasteiger partial charge in [0.2, 0.25) is 0 Å². The molecule has 1 aliphatic rings. The zero-order valence-electron chi connectivity index (χ0n) is 16.1. The van der Waals surface area contributed by atoms with Crippen molar-refractivity contribution >= 4 is 29.9 Å². The number of rotatable bonds is 7. The number of guanidine groups is 1. The molecule has 3 N–H and O–H groups in total. The average molecular weight is 478 g/mol. The number of nitrogens with two attached hydrogens (primary N) is 1. The topological polar surface area (TPSA) is 53.6 Å². The third-order valence-corrected chi connectivity index (χ3v) is 5.27. The first kappa shape index (κ1) is 21.7. The van der Waals surface area contributed by atoms with Crippen LogP contribution in [0.25, 0.3) is 0 Å². The molecule has 1 aliphatic heterocycles. The molecule has 27 heavy (non-hydrogen) atoms. The summed E-state index contributed by atoms with van der Waals surface area (Å²) in [6.45, 7) is 6.05. The molecule has 0 bridgehead atoms. The predicted octanol–water partition coefficient (Wildman–Crippen LogP) is 3.83. The second kappa shape index (κ2) is 11.3. The van der Waals surface area contributed by atoms with Gasteiger partial charge in [0, 0.05) is 18.5 Å². The quantitative estimate of drug-likeness (QED) is 0.362. The first-order chi connectivity index (χ1) is 12.8. The molecule has 1 heterocycles. The van der Waals surface area contributed by atoms with E-state index in [-0.39, 0.29) is 29.9 Å². The normalized spacial score (nSPS) is 17.7. The molecule has 0 amide bonds. The van der Waals surface area contributed by atoms with Gasteiger partial charge in [-0.2, -0.15) is 0 Å². The summed E-state index contributed by atoms with van der Waals surface area (Å²) in [5, 5.41) is 3.33. The molecule has 1 fully saturated rings. The smallest absolute Gasteiger partial charge is 0.188 e. The number of halogens is 1. The second-order valence-electron chi connectivity index (χ2n) is 6.91. The van der Waals surface area contributed by atoms with Gasteiger partial charge in [0.25, 0.3) is 0 Å². The predicted molar refractivity (Wildman–Crippen MR) is 125 cm³/mol. The molecule has 0 saturated carbocycles. The van der Waals surface area contributed by atoms with E-state index < -0.39 is 0 Å². The summed E-state index contributed by atoms with van der Waals surface area (Å²) >= 11 is 0. The van der Waals surface area contributed by atoms with Crippen molar-refractivity contribution in [3.63, 3.8) is 0 Å². The van der Waals surface area contributed by atoms with Crippen LogP contribution in [0, 0.1) is 0 Å². The fourth-order valence-corrected chi connectivity index (χ4v) is 3.78. The summed E-state index contributed by atoms with van der Waals surface area (Å²) in [6, 6.07) is 21.6. The van der Waals surface area contributed by atoms with Crippen molar-refractivity contribution in [2.45, 2.75) is 31.7 Å². The molecule has 146 valence electrons. The van der Waals surface area contributed by atoms with Gasteiger partial charge in [-0.3, -0.25) is 9.89 Å². The number of hydrogen-bond acceptors (Lipinski definition) is 2. The van der Waals surface area contributed by atoms with Crippen LogP contribution < -0.4 is 11.1 Å². The minimum Gasteiger partial charge on any atom is -0.370 e. The molecule has 1 unspecified atom stereocenters. The van der Waals surface area contributed by atoms with Gasteiger partial charge in [0.05, 0.1) is 6.54 Å². The van der Waals surface area contributed by atoms with E-state index in [4.69, 9.17) is 5.73 Å². The van der Waals surface area contributed by atoms with E-state index in [0.717, 1.165) is 13.1 Å². The standard InChI is InChI=1S/C22H30N4.HI/c1-2-26-15-9-14-20(26)16-24-22(23)25-17-21(18-10-5-3-6-11-18)19-12-7-4-8-13-19;/h3-8,10-13,20-21H,2,9,14-17H2,1H3,(H3,23,24,25);1H. The average Bonchev–Trinajstić information content (AvgIpc) is 3.16. The summed E-state index contributed by atoms with van der Waals surface area (Å²) in [5.74, 6) is 0.765. The number of nitrogens with one attached hydrogen (secondary N) is 1. The Labute approximate surface area is 180 Å². The van der Waals surface area contributed by atoms with Crippen LogP contribution in [0.15, 0.2) is 65.7 Å². The Morgan fingerprint density at radius 1 is 1.11 bits per heavy atom. The first-order valence-electron chi connectivity index (χ1n) is 9.65. The van der Waals surface area contributed by atoms with Crippen LogP contribution in [-0.2, 0) is 0 Å². The molecule has 2 aromatic rings. The van der Waals surface area contributed by atoms with Crippen LogP contribution in [0.4, 0.5) is 0 Å². The maximum absolute atomic E-state index is 6.16. The molecule has 1 saturated heterocycles. The fraction of sp³-hybridized carbons (Fsp3) is 0.409. The third-order valence-electron chi connectivity index (χ3n) is 5.27. The number of likely N-dealkylation sites (tertiary alicyclic amines) is 1. The largest absolute Gasteiger partial charge is 0.370 e. The Morgan fingerprint density at radius 2 is 1.70 bits per heavy atom. The van der Waals surface area contributed by atoms with E-state index in [0.29, 0.717) is 18.5 Å². The van der Waals surface area contributed by atoms with Crippen molar-refractivity contribution in [1.82, 2.24) is 10.2 Å². The fourth-order valence-electron chi connectivity index (χ4n) is 3.78. The zero-order valence-corrected chi connectivity index (χ0v) is 18.4. The SMILES string of the molecule is CCN1CCCC1CNC(N)=NCC(c1ccccc1)c1ccccc1.I. The van der Waals surface area contributed by atoms with Gasteiger partial charge in [-0.15, -0.1) is 24.0 Å². The second-order valence-corrected chi connectivity index (χ2v) is 6.91. The van der Waals surface area contributed by atoms with Gasteiger partial charge in [-0.05, 0) is 37.1 Å². The van der Waals surface area contributed by atoms with E-state index in [1.165, 1.54) is 30.5 Å².